The third kappa shape index (κ3) is 2.15. The van der Waals surface area contributed by atoms with Crippen LogP contribution in [0.25, 0.3) is 11.0 Å². The van der Waals surface area contributed by atoms with Crippen LogP contribution in [0.15, 0.2) is 18.2 Å². The standard InChI is InChI=1S/C11H11N3O4/c1-18-9(15)5-6-14-8-4-2-3-7(11(16)17)10(8)12-13-14/h2-4H,5-6H2,1H3,(H,16,17). The van der Waals surface area contributed by atoms with E-state index in [0.29, 0.717) is 17.6 Å². The van der Waals surface area contributed by atoms with Gasteiger partial charge in [-0.15, -0.1) is 5.10 Å². The van der Waals surface area contributed by atoms with Crippen LogP contribution in [0, 0.1) is 0 Å². The number of esters is 1. The summed E-state index contributed by atoms with van der Waals surface area (Å²) in [7, 11) is 1.31. The number of methoxy groups -OCH3 is 1. The molecule has 7 heteroatoms. The number of aromatic carboxylic acids is 1. The predicted octanol–water partition coefficient (Wildman–Crippen LogP) is 0.693. The molecule has 1 N–H and O–H groups in total. The summed E-state index contributed by atoms with van der Waals surface area (Å²) >= 11 is 0. The summed E-state index contributed by atoms with van der Waals surface area (Å²) in [5, 5.41) is 16.7. The number of hydrogen-bond acceptors (Lipinski definition) is 5. The van der Waals surface area contributed by atoms with Gasteiger partial charge in [0.05, 0.1) is 31.2 Å². The fourth-order valence-electron chi connectivity index (χ4n) is 1.63. The Kier molecular flexibility index (Phi) is 3.22. The molecule has 0 atom stereocenters. The molecule has 0 unspecified atom stereocenters. The van der Waals surface area contributed by atoms with Crippen molar-refractivity contribution in [3.8, 4) is 0 Å². The van der Waals surface area contributed by atoms with Gasteiger partial charge in [-0.3, -0.25) is 4.79 Å². The summed E-state index contributed by atoms with van der Waals surface area (Å²) < 4.78 is 6.01. The largest absolute Gasteiger partial charge is 0.478 e. The Morgan fingerprint density at radius 1 is 1.44 bits per heavy atom. The van der Waals surface area contributed by atoms with Crippen LogP contribution in [0.3, 0.4) is 0 Å². The molecule has 1 heterocycles. The van der Waals surface area contributed by atoms with Gasteiger partial charge in [0.1, 0.15) is 5.52 Å². The Labute approximate surface area is 102 Å². The van der Waals surface area contributed by atoms with Gasteiger partial charge in [0.2, 0.25) is 0 Å². The van der Waals surface area contributed by atoms with Gasteiger partial charge < -0.3 is 9.84 Å². The van der Waals surface area contributed by atoms with E-state index in [-0.39, 0.29) is 18.0 Å². The molecule has 0 aliphatic heterocycles. The summed E-state index contributed by atoms with van der Waals surface area (Å²) in [6.07, 6.45) is 0.159. The number of benzene rings is 1. The molecule has 2 rings (SSSR count). The van der Waals surface area contributed by atoms with E-state index in [2.05, 4.69) is 15.0 Å². The highest BCUT2D eigenvalue weighted by Crippen LogP contribution is 2.16. The fourth-order valence-corrected chi connectivity index (χ4v) is 1.63. The van der Waals surface area contributed by atoms with Crippen LogP contribution in [0.1, 0.15) is 16.8 Å². The molecule has 0 spiro atoms. The molecule has 1 aromatic heterocycles. The van der Waals surface area contributed by atoms with Gasteiger partial charge in [0, 0.05) is 0 Å². The summed E-state index contributed by atoms with van der Waals surface area (Å²) in [6.45, 7) is 0.298. The first kappa shape index (κ1) is 12.0. The SMILES string of the molecule is COC(=O)CCn1nnc2c(C(=O)O)cccc21. The highest BCUT2D eigenvalue weighted by molar-refractivity contribution is 6.00. The van der Waals surface area contributed by atoms with E-state index in [1.807, 2.05) is 0 Å². The summed E-state index contributed by atoms with van der Waals surface area (Å²) in [4.78, 5) is 22.0. The van der Waals surface area contributed by atoms with Gasteiger partial charge in [0.15, 0.2) is 0 Å². The lowest BCUT2D eigenvalue weighted by molar-refractivity contribution is -0.140. The smallest absolute Gasteiger partial charge is 0.338 e. The first-order valence-corrected chi connectivity index (χ1v) is 5.26. The van der Waals surface area contributed by atoms with E-state index in [1.54, 1.807) is 12.1 Å². The normalized spacial score (nSPS) is 10.5. The lowest BCUT2D eigenvalue weighted by atomic mass is 10.2. The van der Waals surface area contributed by atoms with Crippen molar-refractivity contribution in [1.82, 2.24) is 15.0 Å². The Balaban J connectivity index is 2.34. The molecule has 0 aliphatic rings. The molecule has 7 nitrogen and oxygen atoms in total. The fraction of sp³-hybridized carbons (Fsp3) is 0.273. The van der Waals surface area contributed by atoms with Crippen LogP contribution in [-0.4, -0.2) is 39.1 Å². The van der Waals surface area contributed by atoms with Gasteiger partial charge in [-0.1, -0.05) is 11.3 Å². The second-order valence-electron chi connectivity index (χ2n) is 3.62. The predicted molar refractivity (Wildman–Crippen MR) is 61.1 cm³/mol. The summed E-state index contributed by atoms with van der Waals surface area (Å²) in [6, 6.07) is 4.78. The van der Waals surface area contributed by atoms with Crippen LogP contribution >= 0.6 is 0 Å². The van der Waals surface area contributed by atoms with Gasteiger partial charge in [0.25, 0.3) is 0 Å². The Morgan fingerprint density at radius 2 is 2.22 bits per heavy atom. The van der Waals surface area contributed by atoms with E-state index in [1.165, 1.54) is 17.9 Å². The number of carboxylic acid groups (broad SMARTS) is 1. The Bertz CT molecular complexity index is 605. The van der Waals surface area contributed by atoms with Gasteiger partial charge in [-0.25, -0.2) is 9.48 Å². The monoisotopic (exact) mass is 249 g/mol. The number of fused-ring (bicyclic) bond motifs is 1. The lowest BCUT2D eigenvalue weighted by Crippen LogP contribution is -2.08. The van der Waals surface area contributed by atoms with Crippen LogP contribution < -0.4 is 0 Å². The molecule has 0 saturated carbocycles. The van der Waals surface area contributed by atoms with E-state index in [4.69, 9.17) is 5.11 Å². The average molecular weight is 249 g/mol. The van der Waals surface area contributed by atoms with Crippen molar-refractivity contribution >= 4 is 23.0 Å². The average Bonchev–Trinajstić information content (AvgIpc) is 2.78. The van der Waals surface area contributed by atoms with Crippen molar-refractivity contribution < 1.29 is 19.4 Å². The highest BCUT2D eigenvalue weighted by Gasteiger charge is 2.14. The molecular weight excluding hydrogens is 238 g/mol. The number of carboxylic acids is 1. The number of carbonyl (C=O) groups excluding carboxylic acids is 1. The molecule has 1 aromatic carbocycles. The van der Waals surface area contributed by atoms with Crippen LogP contribution in [0.2, 0.25) is 0 Å². The lowest BCUT2D eigenvalue weighted by Gasteiger charge is -2.01. The third-order valence-electron chi connectivity index (χ3n) is 2.53. The van der Waals surface area contributed by atoms with Gasteiger partial charge in [-0.2, -0.15) is 0 Å². The number of nitrogens with zero attached hydrogens (tertiary/aromatic N) is 3. The minimum absolute atomic E-state index is 0.0943. The van der Waals surface area contributed by atoms with Crippen molar-refractivity contribution in [2.24, 2.45) is 0 Å². The number of ether oxygens (including phenoxy) is 1. The van der Waals surface area contributed by atoms with Crippen molar-refractivity contribution in [3.05, 3.63) is 23.8 Å². The minimum Gasteiger partial charge on any atom is -0.478 e. The third-order valence-corrected chi connectivity index (χ3v) is 2.53. The quantitative estimate of drug-likeness (QED) is 0.801. The van der Waals surface area contributed by atoms with Crippen LogP contribution in [-0.2, 0) is 16.1 Å². The molecule has 0 aliphatic carbocycles. The molecule has 0 fully saturated rings. The van der Waals surface area contributed by atoms with E-state index >= 15 is 0 Å². The zero-order valence-electron chi connectivity index (χ0n) is 9.66. The highest BCUT2D eigenvalue weighted by atomic mass is 16.5. The number of hydrogen-bond donors (Lipinski definition) is 1. The molecule has 94 valence electrons. The minimum atomic E-state index is -1.05. The van der Waals surface area contributed by atoms with Crippen molar-refractivity contribution in [3.63, 3.8) is 0 Å². The van der Waals surface area contributed by atoms with Gasteiger partial charge in [-0.05, 0) is 12.1 Å². The number of aromatic nitrogens is 3. The molecule has 0 saturated heterocycles. The molecule has 0 radical (unpaired) electrons. The van der Waals surface area contributed by atoms with Crippen molar-refractivity contribution in [2.75, 3.05) is 7.11 Å². The van der Waals surface area contributed by atoms with E-state index in [0.717, 1.165) is 0 Å². The van der Waals surface area contributed by atoms with E-state index < -0.39 is 5.97 Å². The maximum absolute atomic E-state index is 11.0. The molecule has 0 bridgehead atoms. The zero-order valence-corrected chi connectivity index (χ0v) is 9.66. The number of aryl methyl sites for hydroxylation is 1. The number of rotatable bonds is 4. The topological polar surface area (TPSA) is 94.3 Å². The van der Waals surface area contributed by atoms with Crippen LogP contribution in [0.4, 0.5) is 0 Å². The first-order valence-electron chi connectivity index (χ1n) is 5.26. The van der Waals surface area contributed by atoms with Gasteiger partial charge >= 0.3 is 11.9 Å². The van der Waals surface area contributed by atoms with Crippen molar-refractivity contribution in [1.29, 1.82) is 0 Å². The Morgan fingerprint density at radius 3 is 2.89 bits per heavy atom. The molecular formula is C11H11N3O4. The number of carbonyl (C=O) groups is 2. The summed E-state index contributed by atoms with van der Waals surface area (Å²) in [5.74, 6) is -1.41. The van der Waals surface area contributed by atoms with Crippen molar-refractivity contribution in [2.45, 2.75) is 13.0 Å². The maximum Gasteiger partial charge on any atom is 0.338 e. The molecule has 18 heavy (non-hydrogen) atoms. The molecule has 0 amide bonds. The zero-order chi connectivity index (χ0) is 13.1. The molecule has 2 aromatic rings. The first-order chi connectivity index (χ1) is 8.63. The summed E-state index contributed by atoms with van der Waals surface area (Å²) in [5.41, 5.74) is 0.991. The Hall–Kier alpha value is -2.44. The van der Waals surface area contributed by atoms with E-state index in [9.17, 15) is 9.59 Å². The van der Waals surface area contributed by atoms with Crippen LogP contribution in [0.5, 0.6) is 0 Å². The second kappa shape index (κ2) is 4.82. The maximum atomic E-state index is 11.0. The second-order valence-corrected chi connectivity index (χ2v) is 3.62.